The second-order valence-electron chi connectivity index (χ2n) is 7.10. The van der Waals surface area contributed by atoms with Gasteiger partial charge in [-0.3, -0.25) is 4.79 Å². The Morgan fingerprint density at radius 3 is 2.40 bits per heavy atom. The van der Waals surface area contributed by atoms with Gasteiger partial charge in [0, 0.05) is 30.2 Å². The number of carbonyl (C=O) groups excluding carboxylic acids is 1. The molecule has 0 N–H and O–H groups in total. The third-order valence-corrected chi connectivity index (χ3v) is 5.15. The van der Waals surface area contributed by atoms with E-state index < -0.39 is 0 Å². The summed E-state index contributed by atoms with van der Waals surface area (Å²) < 4.78 is 0. The molecule has 1 aromatic rings. The Bertz CT molecular complexity index is 567. The van der Waals surface area contributed by atoms with E-state index in [0.29, 0.717) is 11.1 Å². The van der Waals surface area contributed by atoms with E-state index in [4.69, 9.17) is 11.6 Å². The minimum atomic E-state index is 0. The van der Waals surface area contributed by atoms with E-state index >= 15 is 0 Å². The summed E-state index contributed by atoms with van der Waals surface area (Å²) in [5.74, 6) is 0.877. The molecule has 25 heavy (non-hydrogen) atoms. The topological polar surface area (TPSA) is 23.6 Å². The van der Waals surface area contributed by atoms with Crippen molar-refractivity contribution in [2.45, 2.75) is 38.6 Å². The highest BCUT2D eigenvalue weighted by Gasteiger charge is 2.26. The Morgan fingerprint density at radius 1 is 1.16 bits per heavy atom. The van der Waals surface area contributed by atoms with E-state index in [0.717, 1.165) is 37.4 Å². The van der Waals surface area contributed by atoms with Crippen LogP contribution in [0.4, 0.5) is 0 Å². The summed E-state index contributed by atoms with van der Waals surface area (Å²) in [5.41, 5.74) is 0.886. The standard InChI is InChI=1S/C20H29ClN2O.ClH/c1-16-8-11-18(12-9-16)23(15-14-22(2)3)20(24)13-10-17-6-4-5-7-19(17)21;/h4-7,10,13,16,18H,8-9,11-12,14-15H2,1-3H3;1H/t16-,18-;. The lowest BCUT2D eigenvalue weighted by molar-refractivity contribution is -0.129. The molecule has 0 heterocycles. The predicted octanol–water partition coefficient (Wildman–Crippen LogP) is 4.74. The van der Waals surface area contributed by atoms with E-state index in [9.17, 15) is 4.79 Å². The average Bonchev–Trinajstić information content (AvgIpc) is 2.55. The number of hydrogen-bond acceptors (Lipinski definition) is 2. The van der Waals surface area contributed by atoms with E-state index in [1.54, 1.807) is 6.08 Å². The molecule has 1 amide bonds. The predicted molar refractivity (Wildman–Crippen MR) is 109 cm³/mol. The van der Waals surface area contributed by atoms with Gasteiger partial charge in [-0.25, -0.2) is 0 Å². The molecule has 1 fully saturated rings. The second kappa shape index (κ2) is 10.8. The van der Waals surface area contributed by atoms with Crippen LogP contribution in [0, 0.1) is 5.92 Å². The van der Waals surface area contributed by atoms with Gasteiger partial charge >= 0.3 is 0 Å². The molecule has 0 bridgehead atoms. The van der Waals surface area contributed by atoms with Crippen LogP contribution in [-0.2, 0) is 4.79 Å². The first kappa shape index (κ1) is 22.0. The van der Waals surface area contributed by atoms with Crippen LogP contribution in [0.2, 0.25) is 5.02 Å². The molecule has 0 aromatic heterocycles. The number of rotatable bonds is 6. The molecule has 3 nitrogen and oxygen atoms in total. The van der Waals surface area contributed by atoms with E-state index in [1.807, 2.05) is 44.4 Å². The van der Waals surface area contributed by atoms with E-state index in [2.05, 4.69) is 16.7 Å². The van der Waals surface area contributed by atoms with Gasteiger partial charge in [0.05, 0.1) is 0 Å². The van der Waals surface area contributed by atoms with Crippen LogP contribution >= 0.6 is 24.0 Å². The van der Waals surface area contributed by atoms with E-state index in [1.165, 1.54) is 12.8 Å². The lowest BCUT2D eigenvalue weighted by atomic mass is 9.86. The van der Waals surface area contributed by atoms with Gasteiger partial charge in [0.1, 0.15) is 0 Å². The van der Waals surface area contributed by atoms with Gasteiger partial charge in [-0.15, -0.1) is 12.4 Å². The summed E-state index contributed by atoms with van der Waals surface area (Å²) in [6.07, 6.45) is 8.16. The van der Waals surface area contributed by atoms with Crippen molar-refractivity contribution in [3.05, 3.63) is 40.9 Å². The van der Waals surface area contributed by atoms with Gasteiger partial charge in [-0.2, -0.15) is 0 Å². The van der Waals surface area contributed by atoms with Crippen molar-refractivity contribution >= 4 is 36.0 Å². The molecule has 0 atom stereocenters. The fraction of sp³-hybridized carbons (Fsp3) is 0.550. The maximum atomic E-state index is 12.8. The minimum absolute atomic E-state index is 0. The van der Waals surface area contributed by atoms with Crippen molar-refractivity contribution in [3.8, 4) is 0 Å². The Morgan fingerprint density at radius 2 is 1.80 bits per heavy atom. The Kier molecular flexibility index (Phi) is 9.55. The van der Waals surface area contributed by atoms with Gasteiger partial charge in [0.2, 0.25) is 5.91 Å². The molecule has 140 valence electrons. The summed E-state index contributed by atoms with van der Waals surface area (Å²) in [6, 6.07) is 7.97. The lowest BCUT2D eigenvalue weighted by Gasteiger charge is -2.36. The third-order valence-electron chi connectivity index (χ3n) is 4.81. The molecule has 0 saturated heterocycles. The summed E-state index contributed by atoms with van der Waals surface area (Å²) in [5, 5.41) is 0.674. The van der Waals surface area contributed by atoms with Crippen molar-refractivity contribution in [1.82, 2.24) is 9.80 Å². The molecule has 1 aromatic carbocycles. The normalized spacial score (nSPS) is 20.5. The first-order valence-corrected chi connectivity index (χ1v) is 9.23. The van der Waals surface area contributed by atoms with Crippen molar-refractivity contribution in [1.29, 1.82) is 0 Å². The summed E-state index contributed by atoms with van der Waals surface area (Å²) >= 11 is 6.17. The first-order valence-electron chi connectivity index (χ1n) is 8.85. The fourth-order valence-electron chi connectivity index (χ4n) is 3.20. The molecule has 1 aliphatic carbocycles. The molecule has 1 saturated carbocycles. The Hall–Kier alpha value is -1.03. The van der Waals surface area contributed by atoms with Crippen LogP contribution in [0.25, 0.3) is 6.08 Å². The summed E-state index contributed by atoms with van der Waals surface area (Å²) in [4.78, 5) is 17.0. The monoisotopic (exact) mass is 384 g/mol. The number of benzene rings is 1. The molecule has 0 aliphatic heterocycles. The maximum absolute atomic E-state index is 12.8. The number of amides is 1. The number of hydrogen-bond donors (Lipinski definition) is 0. The van der Waals surface area contributed by atoms with Crippen LogP contribution in [0.3, 0.4) is 0 Å². The Balaban J connectivity index is 0.00000312. The van der Waals surface area contributed by atoms with Crippen LogP contribution in [0.15, 0.2) is 30.3 Å². The van der Waals surface area contributed by atoms with Crippen molar-refractivity contribution in [2.75, 3.05) is 27.2 Å². The first-order chi connectivity index (χ1) is 11.5. The van der Waals surface area contributed by atoms with Gasteiger partial charge in [0.25, 0.3) is 0 Å². The fourth-order valence-corrected chi connectivity index (χ4v) is 3.40. The number of likely N-dealkylation sites (N-methyl/N-ethyl adjacent to an activating group) is 1. The molecular formula is C20H30Cl2N2O. The zero-order chi connectivity index (χ0) is 17.5. The largest absolute Gasteiger partial charge is 0.335 e. The molecular weight excluding hydrogens is 355 g/mol. The molecule has 2 rings (SSSR count). The van der Waals surface area contributed by atoms with Crippen molar-refractivity contribution < 1.29 is 4.79 Å². The molecule has 5 heteroatoms. The second-order valence-corrected chi connectivity index (χ2v) is 7.51. The van der Waals surface area contributed by atoms with Crippen LogP contribution in [0.1, 0.15) is 38.2 Å². The van der Waals surface area contributed by atoms with Crippen molar-refractivity contribution in [3.63, 3.8) is 0 Å². The van der Waals surface area contributed by atoms with Crippen LogP contribution < -0.4 is 0 Å². The van der Waals surface area contributed by atoms with Gasteiger partial charge < -0.3 is 9.80 Å². The lowest BCUT2D eigenvalue weighted by Crippen LogP contribution is -2.44. The van der Waals surface area contributed by atoms with Crippen LogP contribution in [-0.4, -0.2) is 48.9 Å². The number of halogens is 2. The zero-order valence-electron chi connectivity index (χ0n) is 15.5. The highest BCUT2D eigenvalue weighted by atomic mass is 35.5. The highest BCUT2D eigenvalue weighted by Crippen LogP contribution is 2.27. The van der Waals surface area contributed by atoms with Crippen LogP contribution in [0.5, 0.6) is 0 Å². The van der Waals surface area contributed by atoms with Gasteiger partial charge in [-0.1, -0.05) is 36.7 Å². The van der Waals surface area contributed by atoms with Gasteiger partial charge in [0.15, 0.2) is 0 Å². The summed E-state index contributed by atoms with van der Waals surface area (Å²) in [7, 11) is 4.09. The quantitative estimate of drug-likeness (QED) is 0.660. The molecule has 0 spiro atoms. The molecule has 1 aliphatic rings. The zero-order valence-corrected chi connectivity index (χ0v) is 17.0. The Labute approximate surface area is 163 Å². The van der Waals surface area contributed by atoms with E-state index in [-0.39, 0.29) is 18.3 Å². The molecule has 0 radical (unpaired) electrons. The SMILES string of the molecule is CN(C)CCN(C(=O)C=Cc1ccccc1Cl)[C@H]1CC[C@H](C)CC1.Cl. The van der Waals surface area contributed by atoms with Gasteiger partial charge in [-0.05, 0) is 63.4 Å². The van der Waals surface area contributed by atoms with Crippen molar-refractivity contribution in [2.24, 2.45) is 5.92 Å². The summed E-state index contributed by atoms with van der Waals surface area (Å²) in [6.45, 7) is 3.97. The average molecular weight is 385 g/mol. The highest BCUT2D eigenvalue weighted by molar-refractivity contribution is 6.32. The smallest absolute Gasteiger partial charge is 0.246 e. The molecule has 0 unspecified atom stereocenters. The number of nitrogens with zero attached hydrogens (tertiary/aromatic N) is 2. The maximum Gasteiger partial charge on any atom is 0.246 e. The number of carbonyl (C=O) groups is 1. The third kappa shape index (κ3) is 7.01. The minimum Gasteiger partial charge on any atom is -0.335 e.